The van der Waals surface area contributed by atoms with E-state index in [1.54, 1.807) is 26.6 Å². The lowest BCUT2D eigenvalue weighted by atomic mass is 9.99. The van der Waals surface area contributed by atoms with Gasteiger partial charge in [0.05, 0.1) is 14.2 Å². The minimum absolute atomic E-state index is 0.420. The molecule has 0 aliphatic carbocycles. The number of methoxy groups -OCH3 is 2. The van der Waals surface area contributed by atoms with Gasteiger partial charge >= 0.3 is 0 Å². The van der Waals surface area contributed by atoms with Crippen LogP contribution in [0.2, 0.25) is 0 Å². The van der Waals surface area contributed by atoms with Crippen LogP contribution in [0.25, 0.3) is 11.1 Å². The number of hydrogen-bond donors (Lipinski definition) is 1. The predicted molar refractivity (Wildman–Crippen MR) is 84.8 cm³/mol. The highest BCUT2D eigenvalue weighted by molar-refractivity contribution is 5.71. The van der Waals surface area contributed by atoms with Gasteiger partial charge in [-0.1, -0.05) is 13.8 Å². The van der Waals surface area contributed by atoms with Crippen LogP contribution in [0.15, 0.2) is 36.7 Å². The fourth-order valence-corrected chi connectivity index (χ4v) is 2.18. The molecule has 2 rings (SSSR count). The van der Waals surface area contributed by atoms with Gasteiger partial charge in [-0.15, -0.1) is 0 Å². The summed E-state index contributed by atoms with van der Waals surface area (Å²) in [5.74, 6) is 1.48. The van der Waals surface area contributed by atoms with Crippen molar-refractivity contribution in [2.24, 2.45) is 0 Å². The van der Waals surface area contributed by atoms with Crippen LogP contribution in [0.3, 0.4) is 0 Å². The third kappa shape index (κ3) is 3.73. The molecule has 1 aromatic carbocycles. The van der Waals surface area contributed by atoms with Gasteiger partial charge in [-0.3, -0.25) is 4.98 Å². The summed E-state index contributed by atoms with van der Waals surface area (Å²) in [5, 5.41) is 3.45. The molecule has 0 unspecified atom stereocenters. The Hall–Kier alpha value is -2.07. The van der Waals surface area contributed by atoms with Gasteiger partial charge in [0.25, 0.3) is 0 Å². The van der Waals surface area contributed by atoms with E-state index in [0.29, 0.717) is 6.04 Å². The second-order valence-electron chi connectivity index (χ2n) is 5.14. The molecule has 0 bridgehead atoms. The van der Waals surface area contributed by atoms with Gasteiger partial charge in [0.15, 0.2) is 11.5 Å². The van der Waals surface area contributed by atoms with Gasteiger partial charge in [0, 0.05) is 25.0 Å². The van der Waals surface area contributed by atoms with Crippen LogP contribution in [-0.4, -0.2) is 25.2 Å². The number of ether oxygens (including phenoxy) is 2. The summed E-state index contributed by atoms with van der Waals surface area (Å²) >= 11 is 0. The molecule has 0 atom stereocenters. The Morgan fingerprint density at radius 3 is 2.24 bits per heavy atom. The number of hydrogen-bond acceptors (Lipinski definition) is 4. The first-order valence-corrected chi connectivity index (χ1v) is 7.04. The van der Waals surface area contributed by atoms with Gasteiger partial charge in [0.1, 0.15) is 0 Å². The minimum atomic E-state index is 0.420. The molecule has 1 aromatic heterocycles. The number of nitrogens with zero attached hydrogens (tertiary/aromatic N) is 1. The van der Waals surface area contributed by atoms with Crippen molar-refractivity contribution in [1.29, 1.82) is 0 Å². The zero-order valence-corrected chi connectivity index (χ0v) is 13.0. The molecular formula is C17H22N2O2. The van der Waals surface area contributed by atoms with Crippen molar-refractivity contribution in [3.05, 3.63) is 42.2 Å². The number of pyridine rings is 1. The normalized spacial score (nSPS) is 10.7. The maximum absolute atomic E-state index is 5.42. The molecule has 0 fully saturated rings. The molecule has 1 heterocycles. The van der Waals surface area contributed by atoms with E-state index >= 15 is 0 Å². The first-order valence-electron chi connectivity index (χ1n) is 7.04. The molecule has 0 spiro atoms. The molecule has 0 saturated carbocycles. The molecular weight excluding hydrogens is 264 g/mol. The van der Waals surface area contributed by atoms with Crippen LogP contribution in [0.5, 0.6) is 11.5 Å². The fraction of sp³-hybridized carbons (Fsp3) is 0.353. The third-order valence-electron chi connectivity index (χ3n) is 3.30. The van der Waals surface area contributed by atoms with E-state index in [9.17, 15) is 0 Å². The van der Waals surface area contributed by atoms with Gasteiger partial charge in [0.2, 0.25) is 0 Å². The zero-order chi connectivity index (χ0) is 15.2. The Morgan fingerprint density at radius 1 is 1.05 bits per heavy atom. The van der Waals surface area contributed by atoms with Crippen LogP contribution in [0, 0.1) is 0 Å². The number of rotatable bonds is 6. The summed E-state index contributed by atoms with van der Waals surface area (Å²) in [4.78, 5) is 4.08. The molecule has 2 aromatic rings. The van der Waals surface area contributed by atoms with Gasteiger partial charge in [-0.05, 0) is 41.0 Å². The number of benzene rings is 1. The standard InChI is InChI=1S/C17H22N2O2/c1-12(2)19-11-14-9-16(20-3)17(21-4)10-15(14)13-5-7-18-8-6-13/h5-10,12,19H,11H2,1-4H3. The Labute approximate surface area is 126 Å². The largest absolute Gasteiger partial charge is 0.493 e. The van der Waals surface area contributed by atoms with Crippen molar-refractivity contribution in [2.75, 3.05) is 14.2 Å². The summed E-state index contributed by atoms with van der Waals surface area (Å²) in [5.41, 5.74) is 3.42. The first kappa shape index (κ1) is 15.3. The molecule has 4 heteroatoms. The van der Waals surface area contributed by atoms with Crippen LogP contribution >= 0.6 is 0 Å². The monoisotopic (exact) mass is 286 g/mol. The van der Waals surface area contributed by atoms with Crippen molar-refractivity contribution < 1.29 is 9.47 Å². The van der Waals surface area contributed by atoms with Gasteiger partial charge < -0.3 is 14.8 Å². The average Bonchev–Trinajstić information content (AvgIpc) is 2.52. The first-order chi connectivity index (χ1) is 10.2. The lowest BCUT2D eigenvalue weighted by Gasteiger charge is -2.16. The molecule has 0 aliphatic heterocycles. The van der Waals surface area contributed by atoms with Crippen molar-refractivity contribution in [2.45, 2.75) is 26.4 Å². The maximum Gasteiger partial charge on any atom is 0.161 e. The lowest BCUT2D eigenvalue weighted by Crippen LogP contribution is -2.22. The van der Waals surface area contributed by atoms with E-state index < -0.39 is 0 Å². The maximum atomic E-state index is 5.42. The number of nitrogens with one attached hydrogen (secondary N) is 1. The topological polar surface area (TPSA) is 43.4 Å². The van der Waals surface area contributed by atoms with Crippen molar-refractivity contribution in [3.63, 3.8) is 0 Å². The SMILES string of the molecule is COc1cc(CNC(C)C)c(-c2ccncc2)cc1OC. The van der Waals surface area contributed by atoms with Gasteiger partial charge in [-0.2, -0.15) is 0 Å². The summed E-state index contributed by atoms with van der Waals surface area (Å²) < 4.78 is 10.8. The van der Waals surface area contributed by atoms with Crippen molar-refractivity contribution in [3.8, 4) is 22.6 Å². The van der Waals surface area contributed by atoms with Crippen LogP contribution < -0.4 is 14.8 Å². The van der Waals surface area contributed by atoms with Crippen molar-refractivity contribution in [1.82, 2.24) is 10.3 Å². The highest BCUT2D eigenvalue weighted by Crippen LogP contribution is 2.35. The second kappa shape index (κ2) is 7.09. The fourth-order valence-electron chi connectivity index (χ4n) is 2.18. The summed E-state index contributed by atoms with van der Waals surface area (Å²) in [7, 11) is 3.31. The molecule has 1 N–H and O–H groups in total. The number of aromatic nitrogens is 1. The Morgan fingerprint density at radius 2 is 1.67 bits per heavy atom. The van der Waals surface area contributed by atoms with Crippen LogP contribution in [0.4, 0.5) is 0 Å². The third-order valence-corrected chi connectivity index (χ3v) is 3.30. The van der Waals surface area contributed by atoms with E-state index in [1.807, 2.05) is 24.3 Å². The van der Waals surface area contributed by atoms with Crippen molar-refractivity contribution >= 4 is 0 Å². The Bertz CT molecular complexity index is 583. The molecule has 4 nitrogen and oxygen atoms in total. The molecule has 112 valence electrons. The summed E-state index contributed by atoms with van der Waals surface area (Å²) in [6.45, 7) is 5.04. The van der Waals surface area contributed by atoms with E-state index in [1.165, 1.54) is 5.56 Å². The van der Waals surface area contributed by atoms with E-state index in [2.05, 4.69) is 24.1 Å². The van der Waals surface area contributed by atoms with E-state index in [0.717, 1.165) is 29.2 Å². The van der Waals surface area contributed by atoms with E-state index in [-0.39, 0.29) is 0 Å². The molecule has 0 radical (unpaired) electrons. The quantitative estimate of drug-likeness (QED) is 0.885. The highest BCUT2D eigenvalue weighted by atomic mass is 16.5. The van der Waals surface area contributed by atoms with Crippen LogP contribution in [0.1, 0.15) is 19.4 Å². The molecule has 21 heavy (non-hydrogen) atoms. The predicted octanol–water partition coefficient (Wildman–Crippen LogP) is 3.26. The van der Waals surface area contributed by atoms with Crippen LogP contribution in [-0.2, 0) is 6.54 Å². The summed E-state index contributed by atoms with van der Waals surface area (Å²) in [6, 6.07) is 8.47. The summed E-state index contributed by atoms with van der Waals surface area (Å²) in [6.07, 6.45) is 3.59. The van der Waals surface area contributed by atoms with Gasteiger partial charge in [-0.25, -0.2) is 0 Å². The molecule has 0 aliphatic rings. The highest BCUT2D eigenvalue weighted by Gasteiger charge is 2.12. The smallest absolute Gasteiger partial charge is 0.161 e. The van der Waals surface area contributed by atoms with E-state index in [4.69, 9.17) is 9.47 Å². The molecule has 0 saturated heterocycles. The molecule has 0 amide bonds. The zero-order valence-electron chi connectivity index (χ0n) is 13.0. The Balaban J connectivity index is 2.48. The second-order valence-corrected chi connectivity index (χ2v) is 5.14. The minimum Gasteiger partial charge on any atom is -0.493 e. The Kier molecular flexibility index (Phi) is 5.17. The lowest BCUT2D eigenvalue weighted by molar-refractivity contribution is 0.354. The average molecular weight is 286 g/mol.